The summed E-state index contributed by atoms with van der Waals surface area (Å²) in [5.41, 5.74) is 1.37. The van der Waals surface area contributed by atoms with Gasteiger partial charge in [0.15, 0.2) is 0 Å². The maximum Gasteiger partial charge on any atom is 0.0296 e. The minimum absolute atomic E-state index is 1.37. The molecule has 1 heterocycles. The Bertz CT molecular complexity index is 208. The molecule has 1 heteroatoms. The summed E-state index contributed by atoms with van der Waals surface area (Å²) >= 11 is 1.79. The van der Waals surface area contributed by atoms with Gasteiger partial charge >= 0.3 is 0 Å². The fraction of sp³-hybridized carbons (Fsp3) is 0.250. The van der Waals surface area contributed by atoms with Crippen LogP contribution in [0.25, 0.3) is 6.08 Å². The molecule has 0 saturated carbocycles. The Labute approximate surface area is 59.8 Å². The largest absolute Gasteiger partial charge is 0.144 e. The van der Waals surface area contributed by atoms with Gasteiger partial charge in [0.05, 0.1) is 0 Å². The van der Waals surface area contributed by atoms with E-state index in [1.807, 2.05) is 6.92 Å². The van der Waals surface area contributed by atoms with Gasteiger partial charge in [0.1, 0.15) is 0 Å². The van der Waals surface area contributed by atoms with Gasteiger partial charge in [0.2, 0.25) is 0 Å². The Morgan fingerprint density at radius 2 is 2.33 bits per heavy atom. The zero-order chi connectivity index (χ0) is 6.69. The summed E-state index contributed by atoms with van der Waals surface area (Å²) in [6.07, 6.45) is 4.21. The van der Waals surface area contributed by atoms with Gasteiger partial charge < -0.3 is 0 Å². The molecular formula is C8H10S. The first kappa shape index (κ1) is 6.56. The molecule has 0 aromatic carbocycles. The minimum atomic E-state index is 1.37. The van der Waals surface area contributed by atoms with Crippen LogP contribution in [0.5, 0.6) is 0 Å². The molecule has 1 aromatic rings. The number of hydrogen-bond donors (Lipinski definition) is 0. The molecule has 48 valence electrons. The minimum Gasteiger partial charge on any atom is -0.144 e. The highest BCUT2D eigenvalue weighted by molar-refractivity contribution is 7.11. The van der Waals surface area contributed by atoms with E-state index in [-0.39, 0.29) is 0 Å². The molecule has 0 N–H and O–H groups in total. The fourth-order valence-corrected chi connectivity index (χ4v) is 1.59. The topological polar surface area (TPSA) is 0 Å². The Balaban J connectivity index is 2.94. The molecule has 9 heavy (non-hydrogen) atoms. The van der Waals surface area contributed by atoms with Crippen LogP contribution in [0.15, 0.2) is 17.5 Å². The summed E-state index contributed by atoms with van der Waals surface area (Å²) in [4.78, 5) is 1.37. The Hall–Kier alpha value is -0.560. The van der Waals surface area contributed by atoms with Gasteiger partial charge in [0.25, 0.3) is 0 Å². The first-order valence-electron chi connectivity index (χ1n) is 3.01. The lowest BCUT2D eigenvalue weighted by Crippen LogP contribution is -1.64. The zero-order valence-electron chi connectivity index (χ0n) is 5.72. The van der Waals surface area contributed by atoms with Crippen molar-refractivity contribution >= 4 is 17.4 Å². The molecule has 0 aliphatic rings. The maximum atomic E-state index is 2.14. The molecule has 0 radical (unpaired) electrons. The second-order valence-corrected chi connectivity index (χ2v) is 2.92. The van der Waals surface area contributed by atoms with Gasteiger partial charge in [-0.25, -0.2) is 0 Å². The lowest BCUT2D eigenvalue weighted by atomic mass is 10.3. The van der Waals surface area contributed by atoms with E-state index in [9.17, 15) is 0 Å². The smallest absolute Gasteiger partial charge is 0.0296 e. The summed E-state index contributed by atoms with van der Waals surface area (Å²) < 4.78 is 0. The van der Waals surface area contributed by atoms with Gasteiger partial charge in [-0.15, -0.1) is 11.3 Å². The third-order valence-electron chi connectivity index (χ3n) is 1.22. The predicted octanol–water partition coefficient (Wildman–Crippen LogP) is 3.09. The van der Waals surface area contributed by atoms with Crippen LogP contribution in [0.1, 0.15) is 17.4 Å². The molecule has 1 rings (SSSR count). The van der Waals surface area contributed by atoms with Crippen LogP contribution in [-0.4, -0.2) is 0 Å². The monoisotopic (exact) mass is 138 g/mol. The Kier molecular flexibility index (Phi) is 2.06. The predicted molar refractivity (Wildman–Crippen MR) is 43.8 cm³/mol. The summed E-state index contributed by atoms with van der Waals surface area (Å²) in [6, 6.07) is 2.14. The Morgan fingerprint density at radius 1 is 1.56 bits per heavy atom. The zero-order valence-corrected chi connectivity index (χ0v) is 6.53. The third-order valence-corrected chi connectivity index (χ3v) is 2.20. The molecule has 1 aromatic heterocycles. The van der Waals surface area contributed by atoms with Crippen LogP contribution in [0.4, 0.5) is 0 Å². The van der Waals surface area contributed by atoms with E-state index in [2.05, 4.69) is 30.5 Å². The van der Waals surface area contributed by atoms with Crippen molar-refractivity contribution in [3.8, 4) is 0 Å². The fourth-order valence-electron chi connectivity index (χ4n) is 0.707. The Morgan fingerprint density at radius 3 is 2.78 bits per heavy atom. The van der Waals surface area contributed by atoms with E-state index in [0.717, 1.165) is 0 Å². The molecular weight excluding hydrogens is 128 g/mol. The molecule has 0 saturated heterocycles. The molecule has 0 fully saturated rings. The number of aryl methyl sites for hydroxylation is 1. The molecule has 0 amide bonds. The van der Waals surface area contributed by atoms with Gasteiger partial charge in [-0.3, -0.25) is 0 Å². The first-order chi connectivity index (χ1) is 4.34. The van der Waals surface area contributed by atoms with Crippen LogP contribution >= 0.6 is 11.3 Å². The van der Waals surface area contributed by atoms with E-state index in [0.29, 0.717) is 0 Å². The van der Waals surface area contributed by atoms with Gasteiger partial charge in [-0.2, -0.15) is 0 Å². The number of rotatable bonds is 1. The molecule has 0 unspecified atom stereocenters. The average Bonchev–Trinajstić information content (AvgIpc) is 2.18. The van der Waals surface area contributed by atoms with Crippen LogP contribution in [0, 0.1) is 6.92 Å². The highest BCUT2D eigenvalue weighted by Gasteiger charge is 1.90. The lowest BCUT2D eigenvalue weighted by molar-refractivity contribution is 1.53. The second kappa shape index (κ2) is 2.83. The summed E-state index contributed by atoms with van der Waals surface area (Å²) in [6.45, 7) is 4.17. The third kappa shape index (κ3) is 1.42. The maximum absolute atomic E-state index is 2.14. The van der Waals surface area contributed by atoms with E-state index >= 15 is 0 Å². The van der Waals surface area contributed by atoms with Crippen molar-refractivity contribution in [1.82, 2.24) is 0 Å². The van der Waals surface area contributed by atoms with Crippen molar-refractivity contribution in [2.24, 2.45) is 0 Å². The molecule has 0 nitrogen and oxygen atoms in total. The SMILES string of the molecule is C/C=C/c1sccc1C. The quantitative estimate of drug-likeness (QED) is 0.559. The van der Waals surface area contributed by atoms with Crippen molar-refractivity contribution in [3.63, 3.8) is 0 Å². The highest BCUT2D eigenvalue weighted by Crippen LogP contribution is 2.16. The van der Waals surface area contributed by atoms with Crippen LogP contribution in [0.3, 0.4) is 0 Å². The number of hydrogen-bond acceptors (Lipinski definition) is 1. The van der Waals surface area contributed by atoms with Gasteiger partial charge in [-0.05, 0) is 36.9 Å². The molecule has 0 atom stereocenters. The van der Waals surface area contributed by atoms with E-state index < -0.39 is 0 Å². The molecule has 0 bridgehead atoms. The number of thiophene rings is 1. The number of allylic oxidation sites excluding steroid dienone is 1. The van der Waals surface area contributed by atoms with E-state index in [4.69, 9.17) is 0 Å². The molecule has 0 spiro atoms. The summed E-state index contributed by atoms with van der Waals surface area (Å²) in [7, 11) is 0. The van der Waals surface area contributed by atoms with Crippen LogP contribution in [-0.2, 0) is 0 Å². The molecule has 0 aliphatic heterocycles. The normalized spacial score (nSPS) is 10.9. The van der Waals surface area contributed by atoms with E-state index in [1.54, 1.807) is 11.3 Å². The van der Waals surface area contributed by atoms with Crippen molar-refractivity contribution in [2.45, 2.75) is 13.8 Å². The van der Waals surface area contributed by atoms with E-state index in [1.165, 1.54) is 10.4 Å². The van der Waals surface area contributed by atoms with Crippen molar-refractivity contribution in [3.05, 3.63) is 28.0 Å². The van der Waals surface area contributed by atoms with Crippen molar-refractivity contribution < 1.29 is 0 Å². The highest BCUT2D eigenvalue weighted by atomic mass is 32.1. The molecule has 0 aliphatic carbocycles. The standard InChI is InChI=1S/C8H10S/c1-3-4-8-7(2)5-6-9-8/h3-6H,1-2H3/b4-3+. The van der Waals surface area contributed by atoms with Crippen molar-refractivity contribution in [1.29, 1.82) is 0 Å². The van der Waals surface area contributed by atoms with Crippen LogP contribution in [0.2, 0.25) is 0 Å². The van der Waals surface area contributed by atoms with Crippen molar-refractivity contribution in [2.75, 3.05) is 0 Å². The average molecular weight is 138 g/mol. The lowest BCUT2D eigenvalue weighted by Gasteiger charge is -1.84. The summed E-state index contributed by atoms with van der Waals surface area (Å²) in [5, 5.41) is 2.12. The first-order valence-corrected chi connectivity index (χ1v) is 3.89. The second-order valence-electron chi connectivity index (χ2n) is 1.97. The van der Waals surface area contributed by atoms with Crippen LogP contribution < -0.4 is 0 Å². The van der Waals surface area contributed by atoms with Gasteiger partial charge in [0, 0.05) is 4.88 Å². The summed E-state index contributed by atoms with van der Waals surface area (Å²) in [5.74, 6) is 0. The van der Waals surface area contributed by atoms with Gasteiger partial charge in [-0.1, -0.05) is 6.08 Å².